The number of likely N-dealkylation sites (tertiary alicyclic amines) is 1. The smallest absolute Gasteiger partial charge is 0.0466 e. The van der Waals surface area contributed by atoms with Crippen molar-refractivity contribution in [1.29, 1.82) is 0 Å². The van der Waals surface area contributed by atoms with Gasteiger partial charge in [0.15, 0.2) is 0 Å². The van der Waals surface area contributed by atoms with E-state index in [4.69, 9.17) is 4.74 Å². The quantitative estimate of drug-likeness (QED) is 0.575. The number of nitrogens with zero attached hydrogens (tertiary/aromatic N) is 1. The van der Waals surface area contributed by atoms with Crippen LogP contribution < -0.4 is 0 Å². The molecule has 90 valence electrons. The molecule has 1 aliphatic rings. The molecule has 1 aliphatic heterocycles. The van der Waals surface area contributed by atoms with Crippen LogP contribution in [0.15, 0.2) is 0 Å². The zero-order chi connectivity index (χ0) is 10.9. The molecule has 0 amide bonds. The van der Waals surface area contributed by atoms with Gasteiger partial charge in [0, 0.05) is 19.3 Å². The second-order valence-electron chi connectivity index (χ2n) is 4.56. The average Bonchev–Trinajstić information content (AvgIpc) is 2.77. The molecule has 0 aromatic carbocycles. The Balaban J connectivity index is 2.05. The topological polar surface area (TPSA) is 12.5 Å². The zero-order valence-electron chi connectivity index (χ0n) is 10.5. The zero-order valence-corrected chi connectivity index (χ0v) is 10.5. The molecule has 0 spiro atoms. The predicted octanol–water partition coefficient (Wildman–Crippen LogP) is 3.07. The Kier molecular flexibility index (Phi) is 7.03. The van der Waals surface area contributed by atoms with E-state index >= 15 is 0 Å². The molecule has 2 nitrogen and oxygen atoms in total. The first kappa shape index (κ1) is 13.0. The Hall–Kier alpha value is -0.0800. The summed E-state index contributed by atoms with van der Waals surface area (Å²) in [4.78, 5) is 2.67. The van der Waals surface area contributed by atoms with Crippen LogP contribution in [0.1, 0.15) is 52.4 Å². The van der Waals surface area contributed by atoms with Crippen molar-refractivity contribution in [2.24, 2.45) is 0 Å². The summed E-state index contributed by atoms with van der Waals surface area (Å²) < 4.78 is 5.52. The summed E-state index contributed by atoms with van der Waals surface area (Å²) in [6.07, 6.45) is 7.80. The van der Waals surface area contributed by atoms with E-state index in [9.17, 15) is 0 Å². The highest BCUT2D eigenvalue weighted by Gasteiger charge is 2.19. The largest absolute Gasteiger partial charge is 0.381 e. The molecule has 0 N–H and O–H groups in total. The summed E-state index contributed by atoms with van der Waals surface area (Å²) in [6, 6.07) is 0.817. The fraction of sp³-hybridized carbons (Fsp3) is 1.00. The third kappa shape index (κ3) is 4.98. The van der Waals surface area contributed by atoms with Crippen molar-refractivity contribution >= 4 is 0 Å². The normalized spacial score (nSPS) is 19.6. The third-order valence-electron chi connectivity index (χ3n) is 3.30. The maximum absolute atomic E-state index is 5.52. The molecule has 1 atom stereocenters. The summed E-state index contributed by atoms with van der Waals surface area (Å²) in [6.45, 7) is 9.02. The lowest BCUT2D eigenvalue weighted by molar-refractivity contribution is 0.120. The Morgan fingerprint density at radius 2 is 1.87 bits per heavy atom. The van der Waals surface area contributed by atoms with E-state index in [-0.39, 0.29) is 0 Å². The highest BCUT2D eigenvalue weighted by atomic mass is 16.5. The molecule has 0 radical (unpaired) electrons. The number of ether oxygens (including phenoxy) is 1. The Labute approximate surface area is 95.0 Å². The third-order valence-corrected chi connectivity index (χ3v) is 3.30. The standard InChI is InChI=1S/C13H27NO/c1-3-11-15-12-7-8-13(4-2)14-9-5-6-10-14/h13H,3-12H2,1-2H3. The monoisotopic (exact) mass is 213 g/mol. The van der Waals surface area contributed by atoms with Gasteiger partial charge in [-0.2, -0.15) is 0 Å². The van der Waals surface area contributed by atoms with Gasteiger partial charge in [0.1, 0.15) is 0 Å². The molecule has 0 aliphatic carbocycles. The Bertz CT molecular complexity index is 143. The van der Waals surface area contributed by atoms with Crippen molar-refractivity contribution in [3.8, 4) is 0 Å². The summed E-state index contributed by atoms with van der Waals surface area (Å²) in [5, 5.41) is 0. The van der Waals surface area contributed by atoms with Crippen molar-refractivity contribution in [1.82, 2.24) is 4.90 Å². The van der Waals surface area contributed by atoms with Gasteiger partial charge >= 0.3 is 0 Å². The van der Waals surface area contributed by atoms with E-state index in [0.717, 1.165) is 25.7 Å². The minimum absolute atomic E-state index is 0.817. The molecule has 0 saturated carbocycles. The van der Waals surface area contributed by atoms with Crippen molar-refractivity contribution in [3.63, 3.8) is 0 Å². The lowest BCUT2D eigenvalue weighted by atomic mass is 10.1. The summed E-state index contributed by atoms with van der Waals surface area (Å²) >= 11 is 0. The van der Waals surface area contributed by atoms with E-state index in [0.29, 0.717) is 0 Å². The molecule has 2 heteroatoms. The second kappa shape index (κ2) is 8.12. The summed E-state index contributed by atoms with van der Waals surface area (Å²) in [7, 11) is 0. The summed E-state index contributed by atoms with van der Waals surface area (Å²) in [5.41, 5.74) is 0. The predicted molar refractivity (Wildman–Crippen MR) is 65.2 cm³/mol. The maximum atomic E-state index is 5.52. The highest BCUT2D eigenvalue weighted by Crippen LogP contribution is 2.17. The van der Waals surface area contributed by atoms with Crippen LogP contribution in [0.5, 0.6) is 0 Å². The first-order chi connectivity index (χ1) is 7.38. The molecule has 1 saturated heterocycles. The van der Waals surface area contributed by atoms with E-state index < -0.39 is 0 Å². The molecular weight excluding hydrogens is 186 g/mol. The Morgan fingerprint density at radius 1 is 1.13 bits per heavy atom. The van der Waals surface area contributed by atoms with Crippen LogP contribution in [-0.4, -0.2) is 37.2 Å². The van der Waals surface area contributed by atoms with Crippen molar-refractivity contribution in [2.45, 2.75) is 58.4 Å². The van der Waals surface area contributed by atoms with Gasteiger partial charge in [-0.3, -0.25) is 0 Å². The second-order valence-corrected chi connectivity index (χ2v) is 4.56. The molecule has 0 aromatic heterocycles. The van der Waals surface area contributed by atoms with Gasteiger partial charge in [-0.25, -0.2) is 0 Å². The van der Waals surface area contributed by atoms with Crippen LogP contribution in [0.3, 0.4) is 0 Å². The SMILES string of the molecule is CCCOCCCC(CC)N1CCCC1. The van der Waals surface area contributed by atoms with Crippen LogP contribution in [0, 0.1) is 0 Å². The van der Waals surface area contributed by atoms with E-state index in [1.54, 1.807) is 0 Å². The summed E-state index contributed by atoms with van der Waals surface area (Å²) in [5.74, 6) is 0. The molecular formula is C13H27NO. The van der Waals surface area contributed by atoms with Crippen LogP contribution >= 0.6 is 0 Å². The minimum Gasteiger partial charge on any atom is -0.381 e. The fourth-order valence-corrected chi connectivity index (χ4v) is 2.42. The average molecular weight is 213 g/mol. The fourth-order valence-electron chi connectivity index (χ4n) is 2.42. The van der Waals surface area contributed by atoms with E-state index in [2.05, 4.69) is 18.7 Å². The lowest BCUT2D eigenvalue weighted by Crippen LogP contribution is -2.32. The molecule has 0 bridgehead atoms. The van der Waals surface area contributed by atoms with E-state index in [1.807, 2.05) is 0 Å². The van der Waals surface area contributed by atoms with Crippen LogP contribution in [-0.2, 0) is 4.74 Å². The number of hydrogen-bond acceptors (Lipinski definition) is 2. The van der Waals surface area contributed by atoms with Gasteiger partial charge < -0.3 is 9.64 Å². The number of hydrogen-bond donors (Lipinski definition) is 0. The first-order valence-corrected chi connectivity index (χ1v) is 6.70. The number of rotatable bonds is 8. The van der Waals surface area contributed by atoms with Gasteiger partial charge in [0.05, 0.1) is 0 Å². The molecule has 0 aromatic rings. The van der Waals surface area contributed by atoms with Crippen molar-refractivity contribution < 1.29 is 4.74 Å². The maximum Gasteiger partial charge on any atom is 0.0466 e. The van der Waals surface area contributed by atoms with Gasteiger partial charge in [-0.1, -0.05) is 13.8 Å². The van der Waals surface area contributed by atoms with Crippen molar-refractivity contribution in [2.75, 3.05) is 26.3 Å². The first-order valence-electron chi connectivity index (χ1n) is 6.70. The molecule has 1 fully saturated rings. The van der Waals surface area contributed by atoms with Crippen LogP contribution in [0.4, 0.5) is 0 Å². The molecule has 15 heavy (non-hydrogen) atoms. The van der Waals surface area contributed by atoms with Crippen LogP contribution in [0.2, 0.25) is 0 Å². The van der Waals surface area contributed by atoms with Gasteiger partial charge in [0.2, 0.25) is 0 Å². The van der Waals surface area contributed by atoms with Gasteiger partial charge in [-0.05, 0) is 51.6 Å². The molecule has 1 unspecified atom stereocenters. The Morgan fingerprint density at radius 3 is 2.47 bits per heavy atom. The molecule has 1 heterocycles. The minimum atomic E-state index is 0.817. The lowest BCUT2D eigenvalue weighted by Gasteiger charge is -2.26. The van der Waals surface area contributed by atoms with Crippen molar-refractivity contribution in [3.05, 3.63) is 0 Å². The van der Waals surface area contributed by atoms with Gasteiger partial charge in [0.25, 0.3) is 0 Å². The van der Waals surface area contributed by atoms with Gasteiger partial charge in [-0.15, -0.1) is 0 Å². The molecule has 1 rings (SSSR count). The van der Waals surface area contributed by atoms with E-state index in [1.165, 1.54) is 45.2 Å². The highest BCUT2D eigenvalue weighted by molar-refractivity contribution is 4.75. The van der Waals surface area contributed by atoms with Crippen LogP contribution in [0.25, 0.3) is 0 Å².